The molecule has 0 aromatic heterocycles. The summed E-state index contributed by atoms with van der Waals surface area (Å²) >= 11 is 0. The minimum absolute atomic E-state index is 0.316. The van der Waals surface area contributed by atoms with Gasteiger partial charge in [-0.25, -0.2) is 4.79 Å². The second kappa shape index (κ2) is 7.48. The largest absolute Gasteiger partial charge is 0.325 e. The molecule has 4 heteroatoms. The van der Waals surface area contributed by atoms with Gasteiger partial charge in [0.15, 0.2) is 0 Å². The maximum absolute atomic E-state index is 12.6. The summed E-state index contributed by atoms with van der Waals surface area (Å²) in [7, 11) is 0. The number of amides is 2. The van der Waals surface area contributed by atoms with Crippen LogP contribution in [0.15, 0.2) is 0 Å². The van der Waals surface area contributed by atoms with E-state index in [1.807, 2.05) is 0 Å². The lowest BCUT2D eigenvalue weighted by atomic mass is 9.96. The standard InChI is InChI=1S/C17H31N3O/c21-17(19-11-3-1-2-4-12-19)20-13-7-16(8-14-20)15-18-9-5-6-10-18/h16H,1-15H2. The van der Waals surface area contributed by atoms with Gasteiger partial charge in [-0.05, 0) is 57.5 Å². The van der Waals surface area contributed by atoms with Gasteiger partial charge in [-0.1, -0.05) is 12.8 Å². The topological polar surface area (TPSA) is 26.8 Å². The number of carbonyl (C=O) groups excluding carboxylic acids is 1. The molecule has 3 rings (SSSR count). The van der Waals surface area contributed by atoms with Gasteiger partial charge in [-0.3, -0.25) is 0 Å². The van der Waals surface area contributed by atoms with Crippen molar-refractivity contribution in [3.63, 3.8) is 0 Å². The molecule has 120 valence electrons. The highest BCUT2D eigenvalue weighted by molar-refractivity contribution is 5.74. The average molecular weight is 293 g/mol. The van der Waals surface area contributed by atoms with Crippen molar-refractivity contribution in [1.29, 1.82) is 0 Å². The Morgan fingerprint density at radius 3 is 1.86 bits per heavy atom. The Kier molecular flexibility index (Phi) is 5.39. The summed E-state index contributed by atoms with van der Waals surface area (Å²) in [6.07, 6.45) is 10.1. The molecule has 0 aromatic carbocycles. The maximum atomic E-state index is 12.6. The fraction of sp³-hybridized carbons (Fsp3) is 0.941. The Morgan fingerprint density at radius 2 is 1.24 bits per heavy atom. The first kappa shape index (κ1) is 15.1. The van der Waals surface area contributed by atoms with Gasteiger partial charge in [-0.2, -0.15) is 0 Å². The molecule has 3 aliphatic heterocycles. The van der Waals surface area contributed by atoms with E-state index >= 15 is 0 Å². The second-order valence-electron chi connectivity index (χ2n) is 7.12. The van der Waals surface area contributed by atoms with Gasteiger partial charge in [0.1, 0.15) is 0 Å². The number of hydrogen-bond donors (Lipinski definition) is 0. The first-order valence-electron chi connectivity index (χ1n) is 9.09. The molecular formula is C17H31N3O. The fourth-order valence-electron chi connectivity index (χ4n) is 4.10. The number of rotatable bonds is 2. The van der Waals surface area contributed by atoms with Gasteiger partial charge < -0.3 is 14.7 Å². The van der Waals surface area contributed by atoms with Crippen molar-refractivity contribution in [3.05, 3.63) is 0 Å². The van der Waals surface area contributed by atoms with Crippen LogP contribution in [0.2, 0.25) is 0 Å². The number of hydrogen-bond acceptors (Lipinski definition) is 2. The van der Waals surface area contributed by atoms with Crippen LogP contribution in [0.25, 0.3) is 0 Å². The maximum Gasteiger partial charge on any atom is 0.319 e. The molecule has 0 spiro atoms. The summed E-state index contributed by atoms with van der Waals surface area (Å²) < 4.78 is 0. The quantitative estimate of drug-likeness (QED) is 0.783. The Morgan fingerprint density at radius 1 is 0.714 bits per heavy atom. The van der Waals surface area contributed by atoms with Crippen molar-refractivity contribution in [2.45, 2.75) is 51.4 Å². The van der Waals surface area contributed by atoms with Crippen LogP contribution in [0.1, 0.15) is 51.4 Å². The minimum Gasteiger partial charge on any atom is -0.325 e. The molecule has 0 N–H and O–H groups in total. The summed E-state index contributed by atoms with van der Waals surface area (Å²) in [5.41, 5.74) is 0. The average Bonchev–Trinajstić information content (AvgIpc) is 2.87. The highest BCUT2D eigenvalue weighted by Crippen LogP contribution is 2.22. The second-order valence-corrected chi connectivity index (χ2v) is 7.12. The zero-order valence-electron chi connectivity index (χ0n) is 13.4. The van der Waals surface area contributed by atoms with Crippen molar-refractivity contribution < 1.29 is 4.79 Å². The zero-order valence-corrected chi connectivity index (χ0v) is 13.4. The number of likely N-dealkylation sites (tertiary alicyclic amines) is 3. The molecule has 3 heterocycles. The molecule has 0 saturated carbocycles. The Balaban J connectivity index is 1.42. The molecule has 4 nitrogen and oxygen atoms in total. The summed E-state index contributed by atoms with van der Waals surface area (Å²) in [6.45, 7) is 7.78. The van der Waals surface area contributed by atoms with E-state index in [1.54, 1.807) is 0 Å². The highest BCUT2D eigenvalue weighted by Gasteiger charge is 2.27. The predicted molar refractivity (Wildman–Crippen MR) is 85.4 cm³/mol. The van der Waals surface area contributed by atoms with Crippen LogP contribution in [0, 0.1) is 5.92 Å². The van der Waals surface area contributed by atoms with E-state index in [1.165, 1.54) is 71.0 Å². The zero-order chi connectivity index (χ0) is 14.5. The minimum atomic E-state index is 0.316. The van der Waals surface area contributed by atoms with E-state index in [0.717, 1.165) is 32.1 Å². The van der Waals surface area contributed by atoms with E-state index < -0.39 is 0 Å². The Hall–Kier alpha value is -0.770. The molecular weight excluding hydrogens is 262 g/mol. The molecule has 3 fully saturated rings. The SMILES string of the molecule is O=C(N1CCCCCC1)N1CCC(CN2CCCC2)CC1. The fourth-order valence-corrected chi connectivity index (χ4v) is 4.10. The van der Waals surface area contributed by atoms with Crippen molar-refractivity contribution in [2.24, 2.45) is 5.92 Å². The molecule has 0 unspecified atom stereocenters. The molecule has 3 saturated heterocycles. The number of urea groups is 1. The Labute approximate surface area is 129 Å². The van der Waals surface area contributed by atoms with Crippen LogP contribution < -0.4 is 0 Å². The molecule has 2 amide bonds. The van der Waals surface area contributed by atoms with E-state index in [4.69, 9.17) is 0 Å². The van der Waals surface area contributed by atoms with Gasteiger partial charge in [-0.15, -0.1) is 0 Å². The third-order valence-corrected chi connectivity index (χ3v) is 5.48. The van der Waals surface area contributed by atoms with Crippen LogP contribution in [0.3, 0.4) is 0 Å². The van der Waals surface area contributed by atoms with Crippen molar-refractivity contribution in [2.75, 3.05) is 45.8 Å². The van der Waals surface area contributed by atoms with Crippen LogP contribution in [-0.4, -0.2) is 66.5 Å². The van der Waals surface area contributed by atoms with E-state index in [2.05, 4.69) is 14.7 Å². The number of piperidine rings is 1. The predicted octanol–water partition coefficient (Wildman–Crippen LogP) is 2.79. The molecule has 0 bridgehead atoms. The van der Waals surface area contributed by atoms with E-state index in [0.29, 0.717) is 6.03 Å². The van der Waals surface area contributed by atoms with Gasteiger partial charge in [0.25, 0.3) is 0 Å². The lowest BCUT2D eigenvalue weighted by molar-refractivity contribution is 0.125. The molecule has 0 atom stereocenters. The first-order chi connectivity index (χ1) is 10.3. The van der Waals surface area contributed by atoms with Gasteiger partial charge in [0.05, 0.1) is 0 Å². The summed E-state index contributed by atoms with van der Waals surface area (Å²) in [4.78, 5) is 19.4. The third kappa shape index (κ3) is 4.12. The van der Waals surface area contributed by atoms with Crippen molar-refractivity contribution >= 4 is 6.03 Å². The number of nitrogens with zero attached hydrogens (tertiary/aromatic N) is 3. The monoisotopic (exact) mass is 293 g/mol. The van der Waals surface area contributed by atoms with Crippen LogP contribution in [0.5, 0.6) is 0 Å². The van der Waals surface area contributed by atoms with Gasteiger partial charge in [0, 0.05) is 32.7 Å². The van der Waals surface area contributed by atoms with E-state index in [-0.39, 0.29) is 0 Å². The van der Waals surface area contributed by atoms with Gasteiger partial charge in [0.2, 0.25) is 0 Å². The highest BCUT2D eigenvalue weighted by atomic mass is 16.2. The third-order valence-electron chi connectivity index (χ3n) is 5.48. The molecule has 0 radical (unpaired) electrons. The van der Waals surface area contributed by atoms with Crippen LogP contribution in [-0.2, 0) is 0 Å². The molecule has 0 aliphatic carbocycles. The normalized spacial score (nSPS) is 26.1. The molecule has 0 aromatic rings. The number of carbonyl (C=O) groups is 1. The summed E-state index contributed by atoms with van der Waals surface area (Å²) in [6, 6.07) is 0.316. The first-order valence-corrected chi connectivity index (χ1v) is 9.09. The summed E-state index contributed by atoms with van der Waals surface area (Å²) in [5, 5.41) is 0. The molecule has 3 aliphatic rings. The van der Waals surface area contributed by atoms with Crippen LogP contribution in [0.4, 0.5) is 4.79 Å². The van der Waals surface area contributed by atoms with Crippen LogP contribution >= 0.6 is 0 Å². The lowest BCUT2D eigenvalue weighted by Gasteiger charge is -2.36. The van der Waals surface area contributed by atoms with Gasteiger partial charge >= 0.3 is 6.03 Å². The Bertz CT molecular complexity index is 325. The van der Waals surface area contributed by atoms with Crippen molar-refractivity contribution in [3.8, 4) is 0 Å². The molecule has 21 heavy (non-hydrogen) atoms. The summed E-state index contributed by atoms with van der Waals surface area (Å²) in [5.74, 6) is 0.816. The van der Waals surface area contributed by atoms with Crippen molar-refractivity contribution in [1.82, 2.24) is 14.7 Å². The smallest absolute Gasteiger partial charge is 0.319 e. The lowest BCUT2D eigenvalue weighted by Crippen LogP contribution is -2.48. The van der Waals surface area contributed by atoms with E-state index in [9.17, 15) is 4.79 Å².